The lowest BCUT2D eigenvalue weighted by Crippen LogP contribution is -2.42. The summed E-state index contributed by atoms with van der Waals surface area (Å²) in [4.78, 5) is 14.4. The third-order valence-corrected chi connectivity index (χ3v) is 4.28. The van der Waals surface area contributed by atoms with Gasteiger partial charge >= 0.3 is 0 Å². The summed E-state index contributed by atoms with van der Waals surface area (Å²) in [6.45, 7) is 1.86. The van der Waals surface area contributed by atoms with E-state index in [4.69, 9.17) is 0 Å². The van der Waals surface area contributed by atoms with Crippen LogP contribution in [0.2, 0.25) is 0 Å². The van der Waals surface area contributed by atoms with Crippen molar-refractivity contribution >= 4 is 5.91 Å². The van der Waals surface area contributed by atoms with Crippen LogP contribution in [0.25, 0.3) is 0 Å². The Balaban J connectivity index is 1.86. The van der Waals surface area contributed by atoms with Gasteiger partial charge in [-0.15, -0.1) is 0 Å². The number of carbonyl (C=O) groups excluding carboxylic acids is 1. The number of nitrogens with zero attached hydrogens (tertiary/aromatic N) is 1. The van der Waals surface area contributed by atoms with Gasteiger partial charge in [-0.1, -0.05) is 31.4 Å². The van der Waals surface area contributed by atoms with Crippen molar-refractivity contribution in [2.45, 2.75) is 44.4 Å². The maximum atomic E-state index is 12.4. The van der Waals surface area contributed by atoms with Crippen LogP contribution in [-0.2, 0) is 0 Å². The molecular weight excluding hydrogens is 222 g/mol. The molecule has 0 unspecified atom stereocenters. The third kappa shape index (κ3) is 2.16. The molecule has 1 heterocycles. The van der Waals surface area contributed by atoms with Gasteiger partial charge in [-0.3, -0.25) is 4.79 Å². The summed E-state index contributed by atoms with van der Waals surface area (Å²) in [5.41, 5.74) is 2.08. The molecule has 0 atom stereocenters. The lowest BCUT2D eigenvalue weighted by atomic mass is 9.82. The minimum Gasteiger partial charge on any atom is -0.339 e. The Morgan fingerprint density at radius 2 is 1.94 bits per heavy atom. The van der Waals surface area contributed by atoms with E-state index in [1.165, 1.54) is 37.7 Å². The highest BCUT2D eigenvalue weighted by Gasteiger charge is 2.26. The van der Waals surface area contributed by atoms with Gasteiger partial charge in [0, 0.05) is 18.7 Å². The lowest BCUT2D eigenvalue weighted by molar-refractivity contribution is 0.0649. The second-order valence-electron chi connectivity index (χ2n) is 5.48. The van der Waals surface area contributed by atoms with Crippen molar-refractivity contribution in [2.24, 2.45) is 0 Å². The monoisotopic (exact) mass is 242 g/mol. The zero-order chi connectivity index (χ0) is 12.4. The van der Waals surface area contributed by atoms with Gasteiger partial charge in [-0.2, -0.15) is 0 Å². The number of rotatable bonds is 2. The summed E-state index contributed by atoms with van der Waals surface area (Å²) >= 11 is 0. The Kier molecular flexibility index (Phi) is 3.35. The molecule has 1 aliphatic carbocycles. The van der Waals surface area contributed by atoms with E-state index in [2.05, 4.69) is 6.07 Å². The van der Waals surface area contributed by atoms with Crippen molar-refractivity contribution in [2.75, 3.05) is 13.1 Å². The predicted molar refractivity (Wildman–Crippen MR) is 71.6 cm³/mol. The highest BCUT2D eigenvalue weighted by Crippen LogP contribution is 2.34. The zero-order valence-electron chi connectivity index (χ0n) is 10.8. The van der Waals surface area contributed by atoms with Crippen LogP contribution in [-0.4, -0.2) is 23.9 Å². The van der Waals surface area contributed by atoms with Crippen molar-refractivity contribution in [3.05, 3.63) is 35.4 Å². The quantitative estimate of drug-likeness (QED) is 0.778. The Morgan fingerprint density at radius 3 is 2.61 bits per heavy atom. The largest absolute Gasteiger partial charge is 0.339 e. The molecule has 95 valence electrons. The normalized spacial score (nSPS) is 20.6. The first-order valence-corrected chi connectivity index (χ1v) is 7.16. The second kappa shape index (κ2) is 5.13. The van der Waals surface area contributed by atoms with Crippen molar-refractivity contribution in [3.8, 4) is 0 Å². The summed E-state index contributed by atoms with van der Waals surface area (Å²) in [7, 11) is 0. The smallest absolute Gasteiger partial charge is 0.254 e. The van der Waals surface area contributed by atoms with E-state index in [9.17, 15) is 4.79 Å². The number of amides is 1. The average Bonchev–Trinajstić information content (AvgIpc) is 2.38. The molecule has 3 rings (SSSR count). The molecule has 2 fully saturated rings. The molecule has 0 bridgehead atoms. The van der Waals surface area contributed by atoms with E-state index in [1.807, 2.05) is 23.1 Å². The fourth-order valence-electron chi connectivity index (χ4n) is 3.05. The Morgan fingerprint density at radius 1 is 1.17 bits per heavy atom. The molecule has 2 aliphatic rings. The number of likely N-dealkylation sites (tertiary alicyclic amines) is 1. The summed E-state index contributed by atoms with van der Waals surface area (Å²) in [5.74, 6) is 0.777. The van der Waals surface area contributed by atoms with Crippen LogP contribution >= 0.6 is 0 Å². The van der Waals surface area contributed by atoms with E-state index in [-0.39, 0.29) is 5.91 Å². The lowest BCUT2D eigenvalue weighted by Gasteiger charge is -2.32. The fourth-order valence-corrected chi connectivity index (χ4v) is 3.05. The van der Waals surface area contributed by atoms with E-state index in [1.54, 1.807) is 0 Å². The van der Waals surface area contributed by atoms with E-state index < -0.39 is 0 Å². The molecule has 1 aliphatic heterocycles. The second-order valence-corrected chi connectivity index (χ2v) is 5.48. The van der Waals surface area contributed by atoms with E-state index >= 15 is 0 Å². The summed E-state index contributed by atoms with van der Waals surface area (Å²) < 4.78 is 0. The van der Waals surface area contributed by atoms with Crippen molar-refractivity contribution < 1.29 is 4.79 Å². The highest BCUT2D eigenvalue weighted by atomic mass is 16.2. The molecule has 18 heavy (non-hydrogen) atoms. The van der Waals surface area contributed by atoms with Gasteiger partial charge in [0.15, 0.2) is 0 Å². The first kappa shape index (κ1) is 11.8. The van der Waals surface area contributed by atoms with Crippen molar-refractivity contribution in [3.63, 3.8) is 0 Å². The standard InChI is InChI=1S/C16H20NO/c18-16(17-11-6-12-17)15-10-5-4-9-14(15)13-7-2-1-3-8-13/h4-5,10,13H,1-3,6-8,11-12H2. The average molecular weight is 242 g/mol. The first-order valence-electron chi connectivity index (χ1n) is 7.16. The van der Waals surface area contributed by atoms with Gasteiger partial charge in [0.05, 0.1) is 0 Å². The van der Waals surface area contributed by atoms with E-state index in [0.29, 0.717) is 5.92 Å². The molecule has 0 aromatic heterocycles. The molecule has 1 saturated carbocycles. The molecule has 1 saturated heterocycles. The van der Waals surface area contributed by atoms with Crippen LogP contribution in [0.4, 0.5) is 0 Å². The van der Waals surface area contributed by atoms with Gasteiger partial charge in [0.1, 0.15) is 0 Å². The Bertz CT molecular complexity index is 430. The molecule has 2 nitrogen and oxygen atoms in total. The number of carbonyl (C=O) groups is 1. The van der Waals surface area contributed by atoms with Crippen LogP contribution in [0.15, 0.2) is 18.2 Å². The minimum atomic E-state index is 0.221. The number of hydrogen-bond donors (Lipinski definition) is 0. The fraction of sp³-hybridized carbons (Fsp3) is 0.562. The first-order chi connectivity index (χ1) is 8.86. The van der Waals surface area contributed by atoms with Gasteiger partial charge < -0.3 is 4.90 Å². The SMILES string of the molecule is O=C(c1ccc[c]c1C1CCCCC1)N1CCC1. The number of benzene rings is 1. The minimum absolute atomic E-state index is 0.221. The highest BCUT2D eigenvalue weighted by molar-refractivity contribution is 5.96. The summed E-state index contributed by atoms with van der Waals surface area (Å²) in [5, 5.41) is 0. The molecule has 2 heteroatoms. The topological polar surface area (TPSA) is 20.3 Å². The summed E-state index contributed by atoms with van der Waals surface area (Å²) in [6.07, 6.45) is 7.54. The molecule has 1 amide bonds. The van der Waals surface area contributed by atoms with Crippen LogP contribution in [0.1, 0.15) is 60.4 Å². The van der Waals surface area contributed by atoms with Crippen molar-refractivity contribution in [1.29, 1.82) is 0 Å². The molecule has 1 aromatic carbocycles. The molecule has 1 radical (unpaired) electrons. The van der Waals surface area contributed by atoms with Gasteiger partial charge in [0.25, 0.3) is 5.91 Å². The molecule has 0 N–H and O–H groups in total. The van der Waals surface area contributed by atoms with Crippen LogP contribution in [0.5, 0.6) is 0 Å². The third-order valence-electron chi connectivity index (χ3n) is 4.28. The van der Waals surface area contributed by atoms with Gasteiger partial charge in [-0.25, -0.2) is 0 Å². The molecule has 1 aromatic rings. The molecule has 0 spiro atoms. The Hall–Kier alpha value is -1.31. The van der Waals surface area contributed by atoms with Crippen molar-refractivity contribution in [1.82, 2.24) is 4.90 Å². The predicted octanol–water partition coefficient (Wildman–Crippen LogP) is 3.38. The van der Waals surface area contributed by atoms with Gasteiger partial charge in [-0.05, 0) is 42.9 Å². The van der Waals surface area contributed by atoms with E-state index in [0.717, 1.165) is 25.1 Å². The zero-order valence-corrected chi connectivity index (χ0v) is 10.8. The van der Waals surface area contributed by atoms with Crippen LogP contribution in [0, 0.1) is 6.07 Å². The summed E-state index contributed by atoms with van der Waals surface area (Å²) in [6, 6.07) is 9.23. The van der Waals surface area contributed by atoms with Gasteiger partial charge in [0.2, 0.25) is 0 Å². The molecular formula is C16H20NO. The number of hydrogen-bond acceptors (Lipinski definition) is 1. The van der Waals surface area contributed by atoms with Crippen LogP contribution < -0.4 is 0 Å². The Labute approximate surface area is 109 Å². The maximum absolute atomic E-state index is 12.4. The maximum Gasteiger partial charge on any atom is 0.254 e. The van der Waals surface area contributed by atoms with Crippen LogP contribution in [0.3, 0.4) is 0 Å².